The molecule has 3 aromatic rings. The van der Waals surface area contributed by atoms with Crippen LogP contribution in [0.3, 0.4) is 0 Å². The smallest absolute Gasteiger partial charge is 0.280 e. The van der Waals surface area contributed by atoms with Gasteiger partial charge in [0.15, 0.2) is 0 Å². The molecule has 4 rings (SSSR count). The van der Waals surface area contributed by atoms with Gasteiger partial charge >= 0.3 is 0 Å². The zero-order valence-corrected chi connectivity index (χ0v) is 22.0. The number of hydrogen-bond donors (Lipinski definition) is 0. The zero-order valence-electron chi connectivity index (χ0n) is 16.8. The predicted molar refractivity (Wildman–Crippen MR) is 143 cm³/mol. The van der Waals surface area contributed by atoms with Crippen LogP contribution in [0.1, 0.15) is 18.1 Å². The van der Waals surface area contributed by atoms with Gasteiger partial charge in [0, 0.05) is 15.6 Å². The standard InChI is InChI=1S/C24H16BrCl2IN2O2/c1-14-19(24(31)30(29-14)18-5-3-2-4-6-18)9-15-10-20(25)23(22(28)11-15)32-13-16-7-8-17(26)12-21(16)27/h2-12H,13H2,1H3/b19-9+. The molecule has 0 aliphatic carbocycles. The summed E-state index contributed by atoms with van der Waals surface area (Å²) < 4.78 is 7.69. The van der Waals surface area contributed by atoms with E-state index in [4.69, 9.17) is 27.9 Å². The van der Waals surface area contributed by atoms with Gasteiger partial charge in [-0.1, -0.05) is 47.5 Å². The molecule has 4 nitrogen and oxygen atoms in total. The highest BCUT2D eigenvalue weighted by atomic mass is 127. The Labute approximate surface area is 218 Å². The zero-order chi connectivity index (χ0) is 22.8. The minimum atomic E-state index is -0.155. The average Bonchev–Trinajstić information content (AvgIpc) is 3.03. The molecule has 0 atom stereocenters. The minimum absolute atomic E-state index is 0.155. The fraction of sp³-hybridized carbons (Fsp3) is 0.0833. The molecule has 0 radical (unpaired) electrons. The number of nitrogens with zero attached hydrogens (tertiary/aromatic N) is 2. The van der Waals surface area contributed by atoms with E-state index in [-0.39, 0.29) is 5.91 Å². The molecule has 0 unspecified atom stereocenters. The Morgan fingerprint density at radius 1 is 1.12 bits per heavy atom. The third-order valence-corrected chi connectivity index (χ3v) is 6.76. The highest BCUT2D eigenvalue weighted by Crippen LogP contribution is 2.35. The highest BCUT2D eigenvalue weighted by molar-refractivity contribution is 14.1. The van der Waals surface area contributed by atoms with Crippen molar-refractivity contribution in [1.82, 2.24) is 0 Å². The van der Waals surface area contributed by atoms with Crippen LogP contribution in [-0.4, -0.2) is 11.6 Å². The van der Waals surface area contributed by atoms with Crippen LogP contribution in [0.25, 0.3) is 6.08 Å². The quantitative estimate of drug-likeness (QED) is 0.211. The highest BCUT2D eigenvalue weighted by Gasteiger charge is 2.28. The molecule has 1 aliphatic heterocycles. The molecule has 8 heteroatoms. The molecule has 1 amide bonds. The number of halogens is 4. The molecule has 0 spiro atoms. The molecular weight excluding hydrogens is 626 g/mol. The van der Waals surface area contributed by atoms with Crippen molar-refractivity contribution >= 4 is 85.1 Å². The second-order valence-electron chi connectivity index (χ2n) is 7.03. The number of hydrazone groups is 1. The van der Waals surface area contributed by atoms with E-state index < -0.39 is 0 Å². The van der Waals surface area contributed by atoms with Crippen molar-refractivity contribution in [3.05, 3.63) is 95.5 Å². The summed E-state index contributed by atoms with van der Waals surface area (Å²) in [6, 6.07) is 18.6. The van der Waals surface area contributed by atoms with E-state index in [1.165, 1.54) is 5.01 Å². The summed E-state index contributed by atoms with van der Waals surface area (Å²) in [5.41, 5.74) is 3.67. The van der Waals surface area contributed by atoms with Gasteiger partial charge in [-0.3, -0.25) is 4.79 Å². The number of carbonyl (C=O) groups excluding carboxylic acids is 1. The number of para-hydroxylation sites is 1. The van der Waals surface area contributed by atoms with E-state index in [0.29, 0.717) is 33.7 Å². The SMILES string of the molecule is CC1=NN(c2ccccc2)C(=O)/C1=C/c1cc(Br)c(OCc2ccc(Cl)cc2Cl)c(I)c1. The van der Waals surface area contributed by atoms with Gasteiger partial charge in [0.2, 0.25) is 0 Å². The lowest BCUT2D eigenvalue weighted by Gasteiger charge is -2.13. The summed E-state index contributed by atoms with van der Waals surface area (Å²) in [5.74, 6) is 0.547. The van der Waals surface area contributed by atoms with Crippen molar-refractivity contribution < 1.29 is 9.53 Å². The topological polar surface area (TPSA) is 41.9 Å². The van der Waals surface area contributed by atoms with Gasteiger partial charge in [0.05, 0.1) is 25.0 Å². The molecular formula is C24H16BrCl2IN2O2. The van der Waals surface area contributed by atoms with Crippen LogP contribution in [0.2, 0.25) is 10.0 Å². The van der Waals surface area contributed by atoms with Gasteiger partial charge in [-0.15, -0.1) is 0 Å². The van der Waals surface area contributed by atoms with Gasteiger partial charge in [-0.05, 0) is 93.5 Å². The van der Waals surface area contributed by atoms with E-state index in [9.17, 15) is 4.79 Å². The van der Waals surface area contributed by atoms with Crippen LogP contribution in [0.15, 0.2) is 75.8 Å². The first-order valence-electron chi connectivity index (χ1n) is 9.56. The van der Waals surface area contributed by atoms with Gasteiger partial charge < -0.3 is 4.74 Å². The molecule has 162 valence electrons. The molecule has 0 aromatic heterocycles. The van der Waals surface area contributed by atoms with E-state index in [1.807, 2.05) is 61.5 Å². The Morgan fingerprint density at radius 3 is 2.56 bits per heavy atom. The Balaban J connectivity index is 1.56. The monoisotopic (exact) mass is 640 g/mol. The number of rotatable bonds is 5. The van der Waals surface area contributed by atoms with Gasteiger partial charge in [0.25, 0.3) is 5.91 Å². The molecule has 0 fully saturated rings. The summed E-state index contributed by atoms with van der Waals surface area (Å²) in [6.07, 6.45) is 1.84. The van der Waals surface area contributed by atoms with Crippen LogP contribution < -0.4 is 9.75 Å². The van der Waals surface area contributed by atoms with Crippen LogP contribution in [0, 0.1) is 3.57 Å². The van der Waals surface area contributed by atoms with Crippen molar-refractivity contribution in [2.24, 2.45) is 5.10 Å². The van der Waals surface area contributed by atoms with Crippen molar-refractivity contribution in [3.63, 3.8) is 0 Å². The van der Waals surface area contributed by atoms with Crippen molar-refractivity contribution in [3.8, 4) is 5.75 Å². The largest absolute Gasteiger partial charge is 0.487 e. The van der Waals surface area contributed by atoms with Crippen molar-refractivity contribution in [2.75, 3.05) is 5.01 Å². The lowest BCUT2D eigenvalue weighted by Crippen LogP contribution is -2.21. The number of benzene rings is 3. The van der Waals surface area contributed by atoms with E-state index in [2.05, 4.69) is 43.6 Å². The molecule has 32 heavy (non-hydrogen) atoms. The number of hydrogen-bond acceptors (Lipinski definition) is 3. The fourth-order valence-corrected chi connectivity index (χ4v) is 5.42. The first kappa shape index (κ1) is 23.3. The number of carbonyl (C=O) groups is 1. The number of ether oxygens (including phenoxy) is 1. The Kier molecular flexibility index (Phi) is 7.24. The van der Waals surface area contributed by atoms with Crippen molar-refractivity contribution in [2.45, 2.75) is 13.5 Å². The summed E-state index contributed by atoms with van der Waals surface area (Å²) in [6.45, 7) is 2.14. The normalized spacial score (nSPS) is 14.8. The van der Waals surface area contributed by atoms with Gasteiger partial charge in [0.1, 0.15) is 12.4 Å². The second kappa shape index (κ2) is 9.95. The first-order valence-corrected chi connectivity index (χ1v) is 12.2. The van der Waals surface area contributed by atoms with E-state index in [1.54, 1.807) is 12.1 Å². The molecule has 3 aromatic carbocycles. The Hall–Kier alpha value is -1.87. The summed E-state index contributed by atoms with van der Waals surface area (Å²) in [7, 11) is 0. The van der Waals surface area contributed by atoms with Crippen LogP contribution in [0.4, 0.5) is 5.69 Å². The number of amides is 1. The van der Waals surface area contributed by atoms with Crippen LogP contribution >= 0.6 is 61.7 Å². The maximum Gasteiger partial charge on any atom is 0.280 e. The predicted octanol–water partition coefficient (Wildman–Crippen LogP) is 7.75. The first-order chi connectivity index (χ1) is 15.3. The molecule has 0 N–H and O–H groups in total. The van der Waals surface area contributed by atoms with Crippen molar-refractivity contribution in [1.29, 1.82) is 0 Å². The molecule has 1 aliphatic rings. The Morgan fingerprint density at radius 2 is 1.88 bits per heavy atom. The van der Waals surface area contributed by atoms with Gasteiger partial charge in [-0.25, -0.2) is 0 Å². The third kappa shape index (κ3) is 5.03. The van der Waals surface area contributed by atoms with E-state index in [0.717, 1.165) is 24.9 Å². The second-order valence-corrected chi connectivity index (χ2v) is 9.89. The summed E-state index contributed by atoms with van der Waals surface area (Å²) in [4.78, 5) is 13.0. The molecule has 0 saturated carbocycles. The van der Waals surface area contributed by atoms with E-state index >= 15 is 0 Å². The lowest BCUT2D eigenvalue weighted by atomic mass is 10.1. The Bertz CT molecular complexity index is 1240. The van der Waals surface area contributed by atoms with Crippen LogP contribution in [-0.2, 0) is 11.4 Å². The molecule has 1 heterocycles. The fourth-order valence-electron chi connectivity index (χ4n) is 3.18. The minimum Gasteiger partial charge on any atom is -0.487 e. The maximum absolute atomic E-state index is 13.0. The summed E-state index contributed by atoms with van der Waals surface area (Å²) >= 11 is 18.0. The van der Waals surface area contributed by atoms with Gasteiger partial charge in [-0.2, -0.15) is 10.1 Å². The lowest BCUT2D eigenvalue weighted by molar-refractivity contribution is -0.114. The molecule has 0 saturated heterocycles. The summed E-state index contributed by atoms with van der Waals surface area (Å²) in [5, 5.41) is 6.99. The van der Waals surface area contributed by atoms with Crippen LogP contribution in [0.5, 0.6) is 5.75 Å². The average molecular weight is 642 g/mol. The number of anilines is 1. The molecule has 0 bridgehead atoms. The third-order valence-electron chi connectivity index (χ3n) is 4.78. The maximum atomic E-state index is 13.0.